The van der Waals surface area contributed by atoms with Crippen LogP contribution in [0.15, 0.2) is 23.6 Å². The van der Waals surface area contributed by atoms with Crippen molar-refractivity contribution in [2.45, 2.75) is 27.2 Å². The minimum atomic E-state index is -0.498. The Morgan fingerprint density at radius 2 is 2.10 bits per heavy atom. The summed E-state index contributed by atoms with van der Waals surface area (Å²) in [6.45, 7) is 6.35. The van der Waals surface area contributed by atoms with Gasteiger partial charge in [0.05, 0.1) is 6.61 Å². The van der Waals surface area contributed by atoms with Crippen LogP contribution in [0.4, 0.5) is 10.7 Å². The van der Waals surface area contributed by atoms with Crippen molar-refractivity contribution in [1.29, 1.82) is 0 Å². The maximum Gasteiger partial charge on any atom is 0.344 e. The van der Waals surface area contributed by atoms with Crippen LogP contribution in [0.2, 0.25) is 0 Å². The zero-order chi connectivity index (χ0) is 15.4. The topological polar surface area (TPSA) is 58.6 Å². The van der Waals surface area contributed by atoms with Crippen LogP contribution in [0.5, 0.6) is 5.75 Å². The predicted octanol–water partition coefficient (Wildman–Crippen LogP) is 4.38. The molecule has 1 aromatic heterocycles. The standard InChI is InChI=1S/C16H19NO3S/c1-4-7-20-16(19)14-13(18)9-21-15(14)17-12-6-5-10(2)11(3)8-12/h5-6,8-9,17-18H,4,7H2,1-3H3. The monoisotopic (exact) mass is 305 g/mol. The largest absolute Gasteiger partial charge is 0.506 e. The fourth-order valence-corrected chi connectivity index (χ4v) is 2.69. The van der Waals surface area contributed by atoms with E-state index in [4.69, 9.17) is 4.74 Å². The number of rotatable bonds is 5. The van der Waals surface area contributed by atoms with Gasteiger partial charge in [-0.05, 0) is 43.5 Å². The molecular formula is C16H19NO3S. The van der Waals surface area contributed by atoms with Crippen molar-refractivity contribution in [3.8, 4) is 5.75 Å². The lowest BCUT2D eigenvalue weighted by molar-refractivity contribution is 0.0504. The maximum absolute atomic E-state index is 12.0. The third-order valence-corrected chi connectivity index (χ3v) is 4.06. The van der Waals surface area contributed by atoms with Crippen molar-refractivity contribution in [3.05, 3.63) is 40.3 Å². The number of nitrogens with one attached hydrogen (secondary N) is 1. The highest BCUT2D eigenvalue weighted by Crippen LogP contribution is 2.36. The van der Waals surface area contributed by atoms with Crippen LogP contribution in [0.1, 0.15) is 34.8 Å². The fraction of sp³-hybridized carbons (Fsp3) is 0.312. The minimum Gasteiger partial charge on any atom is -0.506 e. The summed E-state index contributed by atoms with van der Waals surface area (Å²) in [6, 6.07) is 5.97. The Morgan fingerprint density at radius 1 is 1.33 bits per heavy atom. The maximum atomic E-state index is 12.0. The molecule has 0 bridgehead atoms. The van der Waals surface area contributed by atoms with Crippen LogP contribution in [0, 0.1) is 13.8 Å². The smallest absolute Gasteiger partial charge is 0.344 e. The van der Waals surface area contributed by atoms with Crippen LogP contribution >= 0.6 is 11.3 Å². The van der Waals surface area contributed by atoms with Crippen molar-refractivity contribution in [2.24, 2.45) is 0 Å². The zero-order valence-electron chi connectivity index (χ0n) is 12.4. The van der Waals surface area contributed by atoms with Gasteiger partial charge in [0.1, 0.15) is 16.3 Å². The molecule has 2 rings (SSSR count). The van der Waals surface area contributed by atoms with Gasteiger partial charge >= 0.3 is 5.97 Å². The van der Waals surface area contributed by atoms with Crippen molar-refractivity contribution in [1.82, 2.24) is 0 Å². The van der Waals surface area contributed by atoms with Crippen molar-refractivity contribution >= 4 is 28.0 Å². The Kier molecular flexibility index (Phi) is 4.85. The minimum absolute atomic E-state index is 0.0487. The van der Waals surface area contributed by atoms with Gasteiger partial charge in [-0.1, -0.05) is 13.0 Å². The first-order valence-corrected chi connectivity index (χ1v) is 7.72. The average molecular weight is 305 g/mol. The first kappa shape index (κ1) is 15.4. The molecule has 0 spiro atoms. The van der Waals surface area contributed by atoms with Crippen LogP contribution in [0.3, 0.4) is 0 Å². The number of hydrogen-bond acceptors (Lipinski definition) is 5. The molecule has 0 amide bonds. The second kappa shape index (κ2) is 6.63. The highest BCUT2D eigenvalue weighted by atomic mass is 32.1. The molecule has 0 saturated carbocycles. The van der Waals surface area contributed by atoms with Gasteiger partial charge in [-0.3, -0.25) is 0 Å². The van der Waals surface area contributed by atoms with Crippen LogP contribution in [-0.4, -0.2) is 17.7 Å². The van der Waals surface area contributed by atoms with Gasteiger partial charge in [0, 0.05) is 11.1 Å². The fourth-order valence-electron chi connectivity index (χ4n) is 1.86. The SMILES string of the molecule is CCCOC(=O)c1c(O)csc1Nc1ccc(C)c(C)c1. The lowest BCUT2D eigenvalue weighted by Gasteiger charge is -2.09. The number of thiophene rings is 1. The predicted molar refractivity (Wildman–Crippen MR) is 85.8 cm³/mol. The van der Waals surface area contributed by atoms with Gasteiger partial charge in [-0.2, -0.15) is 0 Å². The molecule has 0 fully saturated rings. The Balaban J connectivity index is 2.24. The summed E-state index contributed by atoms with van der Waals surface area (Å²) in [6.07, 6.45) is 0.747. The molecule has 0 unspecified atom stereocenters. The van der Waals surface area contributed by atoms with Gasteiger partial charge in [0.15, 0.2) is 0 Å². The second-order valence-corrected chi connectivity index (χ2v) is 5.76. The number of aromatic hydroxyl groups is 1. The summed E-state index contributed by atoms with van der Waals surface area (Å²) in [5, 5.41) is 15.2. The van der Waals surface area contributed by atoms with E-state index in [1.165, 1.54) is 22.3 Å². The summed E-state index contributed by atoms with van der Waals surface area (Å²) in [7, 11) is 0. The van der Waals surface area contributed by atoms with E-state index in [1.807, 2.05) is 39.0 Å². The molecule has 0 aliphatic carbocycles. The summed E-state index contributed by atoms with van der Waals surface area (Å²) in [4.78, 5) is 12.0. The second-order valence-electron chi connectivity index (χ2n) is 4.89. The van der Waals surface area contributed by atoms with Crippen molar-refractivity contribution in [3.63, 3.8) is 0 Å². The molecule has 0 aliphatic heterocycles. The number of aryl methyl sites for hydroxylation is 2. The third kappa shape index (κ3) is 3.55. The van der Waals surface area contributed by atoms with E-state index in [0.717, 1.165) is 17.7 Å². The van der Waals surface area contributed by atoms with E-state index in [2.05, 4.69) is 5.32 Å². The van der Waals surface area contributed by atoms with E-state index in [9.17, 15) is 9.90 Å². The molecule has 4 nitrogen and oxygen atoms in total. The molecule has 0 radical (unpaired) electrons. The van der Waals surface area contributed by atoms with Gasteiger partial charge < -0.3 is 15.2 Å². The van der Waals surface area contributed by atoms with Crippen molar-refractivity contribution in [2.75, 3.05) is 11.9 Å². The molecule has 0 saturated heterocycles. The summed E-state index contributed by atoms with van der Waals surface area (Å²) in [5.74, 6) is -0.547. The molecule has 0 atom stereocenters. The molecular weight excluding hydrogens is 286 g/mol. The molecule has 1 heterocycles. The Hall–Kier alpha value is -2.01. The Morgan fingerprint density at radius 3 is 2.76 bits per heavy atom. The summed E-state index contributed by atoms with van der Waals surface area (Å²) in [5.41, 5.74) is 3.45. The molecule has 0 aliphatic rings. The third-order valence-electron chi connectivity index (χ3n) is 3.18. The average Bonchev–Trinajstić information content (AvgIpc) is 2.81. The van der Waals surface area contributed by atoms with E-state index in [1.54, 1.807) is 0 Å². The summed E-state index contributed by atoms with van der Waals surface area (Å²) >= 11 is 1.28. The van der Waals surface area contributed by atoms with Crippen LogP contribution in [0.25, 0.3) is 0 Å². The Labute approximate surface area is 128 Å². The quantitative estimate of drug-likeness (QED) is 0.805. The molecule has 2 N–H and O–H groups in total. The molecule has 5 heteroatoms. The van der Waals surface area contributed by atoms with Gasteiger partial charge in [0.25, 0.3) is 0 Å². The van der Waals surface area contributed by atoms with E-state index in [0.29, 0.717) is 11.6 Å². The number of benzene rings is 1. The van der Waals surface area contributed by atoms with Gasteiger partial charge in [-0.15, -0.1) is 11.3 Å². The molecule has 112 valence electrons. The number of esters is 1. The van der Waals surface area contributed by atoms with Gasteiger partial charge in [-0.25, -0.2) is 4.79 Å². The van der Waals surface area contributed by atoms with Crippen LogP contribution in [-0.2, 0) is 4.74 Å². The molecule has 2 aromatic rings. The molecule has 1 aromatic carbocycles. The first-order valence-electron chi connectivity index (χ1n) is 6.84. The Bertz CT molecular complexity index is 649. The lowest BCUT2D eigenvalue weighted by atomic mass is 10.1. The molecule has 21 heavy (non-hydrogen) atoms. The van der Waals surface area contributed by atoms with E-state index < -0.39 is 5.97 Å². The van der Waals surface area contributed by atoms with E-state index in [-0.39, 0.29) is 11.3 Å². The van der Waals surface area contributed by atoms with Gasteiger partial charge in [0.2, 0.25) is 0 Å². The zero-order valence-corrected chi connectivity index (χ0v) is 13.2. The van der Waals surface area contributed by atoms with Crippen LogP contribution < -0.4 is 5.32 Å². The van der Waals surface area contributed by atoms with E-state index >= 15 is 0 Å². The number of ether oxygens (including phenoxy) is 1. The van der Waals surface area contributed by atoms with Crippen molar-refractivity contribution < 1.29 is 14.6 Å². The first-order chi connectivity index (χ1) is 10.0. The lowest BCUT2D eigenvalue weighted by Crippen LogP contribution is -2.07. The summed E-state index contributed by atoms with van der Waals surface area (Å²) < 4.78 is 5.11. The number of carbonyl (C=O) groups is 1. The number of anilines is 2. The number of carbonyl (C=O) groups excluding carboxylic acids is 1. The highest BCUT2D eigenvalue weighted by molar-refractivity contribution is 7.15. The normalized spacial score (nSPS) is 10.4. The number of hydrogen-bond donors (Lipinski definition) is 2. The highest BCUT2D eigenvalue weighted by Gasteiger charge is 2.20.